The van der Waals surface area contributed by atoms with Crippen molar-refractivity contribution in [2.45, 2.75) is 157 Å². The molecule has 1 heterocycles. The van der Waals surface area contributed by atoms with Crippen LogP contribution >= 0.6 is 23.9 Å². The maximum Gasteiger partial charge on any atom is 0.0855 e. The van der Waals surface area contributed by atoms with Gasteiger partial charge in [0.15, 0.2) is 0 Å². The molecule has 3 rings (SSSR count). The van der Waals surface area contributed by atoms with Crippen LogP contribution in [-0.4, -0.2) is 0 Å². The average Bonchev–Trinajstić information content (AvgIpc) is 3.21. The molecule has 1 N–H and O–H groups in total. The molecule has 2 aromatic carbocycles. The van der Waals surface area contributed by atoms with Crippen molar-refractivity contribution in [1.82, 2.24) is 0 Å². The fourth-order valence-corrected chi connectivity index (χ4v) is 10.4. The molecule has 0 bridgehead atoms. The van der Waals surface area contributed by atoms with Crippen molar-refractivity contribution in [3.05, 3.63) is 63.0 Å². The molecular weight excluding hydrogens is 577 g/mol. The number of rotatable bonds is 4. The van der Waals surface area contributed by atoms with Gasteiger partial charge in [0, 0.05) is 5.69 Å². The SMILES string of the molecule is CC(C)(C)c1cc(C(C)(C)C)c([N-]c2p[pH]c(Nc3c(C(C)(C)C)cc(C(C)(C)C)cc3C(C)(C)C)p2)c(C(C)(C)C)c1. The van der Waals surface area contributed by atoms with Crippen LogP contribution in [0.2, 0.25) is 0 Å². The minimum Gasteiger partial charge on any atom is -0.649 e. The summed E-state index contributed by atoms with van der Waals surface area (Å²) in [5.41, 5.74) is 11.0. The molecule has 238 valence electrons. The van der Waals surface area contributed by atoms with Crippen LogP contribution in [-0.2, 0) is 32.5 Å². The van der Waals surface area contributed by atoms with E-state index >= 15 is 0 Å². The number of nitrogens with zero attached hydrogens (tertiary/aromatic N) is 1. The largest absolute Gasteiger partial charge is 0.649 e. The van der Waals surface area contributed by atoms with Crippen molar-refractivity contribution in [2.75, 3.05) is 5.32 Å². The van der Waals surface area contributed by atoms with Crippen LogP contribution in [0.15, 0.2) is 24.3 Å². The van der Waals surface area contributed by atoms with Crippen molar-refractivity contribution in [1.29, 1.82) is 0 Å². The van der Waals surface area contributed by atoms with Gasteiger partial charge in [0.05, 0.1) is 5.15 Å². The van der Waals surface area contributed by atoms with Gasteiger partial charge in [-0.15, -0.1) is 5.69 Å². The van der Waals surface area contributed by atoms with Gasteiger partial charge in [-0.1, -0.05) is 189 Å². The van der Waals surface area contributed by atoms with E-state index in [1.165, 1.54) is 71.1 Å². The van der Waals surface area contributed by atoms with Crippen LogP contribution in [0.5, 0.6) is 0 Å². The van der Waals surface area contributed by atoms with Gasteiger partial charge in [0.25, 0.3) is 0 Å². The third-order valence-corrected chi connectivity index (χ3v) is 13.5. The molecule has 0 amide bonds. The Labute approximate surface area is 270 Å². The molecule has 0 saturated heterocycles. The average molecular weight is 638 g/mol. The van der Waals surface area contributed by atoms with E-state index in [4.69, 9.17) is 5.32 Å². The second-order valence-electron chi connectivity index (χ2n) is 18.6. The summed E-state index contributed by atoms with van der Waals surface area (Å²) in [7, 11) is 3.23. The zero-order chi connectivity index (χ0) is 33.1. The van der Waals surface area contributed by atoms with Gasteiger partial charge in [-0.2, -0.15) is 0 Å². The molecule has 1 atom stereocenters. The first-order valence-electron chi connectivity index (χ1n) is 15.9. The maximum absolute atomic E-state index is 5.53. The van der Waals surface area contributed by atoms with Crippen molar-refractivity contribution in [3.63, 3.8) is 0 Å². The smallest absolute Gasteiger partial charge is 0.0855 e. The Balaban J connectivity index is 2.17. The van der Waals surface area contributed by atoms with E-state index in [-0.39, 0.29) is 32.5 Å². The number of hydrogen-bond donors (Lipinski definition) is 1. The Bertz CT molecular complexity index is 1270. The highest BCUT2D eigenvalue weighted by Gasteiger charge is 2.30. The summed E-state index contributed by atoms with van der Waals surface area (Å²) >= 11 is 0. The highest BCUT2D eigenvalue weighted by molar-refractivity contribution is 8.01. The summed E-state index contributed by atoms with van der Waals surface area (Å²) in [5, 5.41) is 12.2. The van der Waals surface area contributed by atoms with Gasteiger partial charge >= 0.3 is 0 Å². The fraction of sp³-hybridized carbons (Fsp3) is 0.632. The first-order chi connectivity index (χ1) is 19.1. The lowest BCUT2D eigenvalue weighted by atomic mass is 9.74. The Morgan fingerprint density at radius 1 is 0.512 bits per heavy atom. The van der Waals surface area contributed by atoms with Crippen molar-refractivity contribution < 1.29 is 0 Å². The normalized spacial score (nSPS) is 14.4. The first-order valence-corrected chi connectivity index (χ1v) is 19.5. The maximum atomic E-state index is 5.53. The molecule has 0 radical (unpaired) electrons. The zero-order valence-electron chi connectivity index (χ0n) is 30.7. The molecule has 0 aliphatic heterocycles. The molecule has 43 heavy (non-hydrogen) atoms. The summed E-state index contributed by atoms with van der Waals surface area (Å²) in [5.74, 6) is 0. The lowest BCUT2D eigenvalue weighted by Gasteiger charge is -2.39. The van der Waals surface area contributed by atoms with E-state index in [0.29, 0.717) is 7.87 Å². The molecule has 3 aromatic rings. The molecule has 0 saturated carbocycles. The minimum absolute atomic E-state index is 0.00185. The highest BCUT2D eigenvalue weighted by Crippen LogP contribution is 2.60. The molecule has 0 aliphatic rings. The highest BCUT2D eigenvalue weighted by atomic mass is 31.8. The molecule has 1 aromatic heterocycles. The van der Waals surface area contributed by atoms with Crippen molar-refractivity contribution in [3.8, 4) is 0 Å². The van der Waals surface area contributed by atoms with Gasteiger partial charge in [0.1, 0.15) is 0 Å². The molecule has 5 heteroatoms. The molecule has 2 nitrogen and oxygen atoms in total. The minimum atomic E-state index is -0.00185. The number of hydrogen-bond acceptors (Lipinski definition) is 1. The van der Waals surface area contributed by atoms with Gasteiger partial charge in [-0.3, -0.25) is 0 Å². The van der Waals surface area contributed by atoms with E-state index < -0.39 is 0 Å². The predicted molar refractivity (Wildman–Crippen MR) is 202 cm³/mol. The first kappa shape index (κ1) is 36.2. The summed E-state index contributed by atoms with van der Waals surface area (Å²) in [6.07, 6.45) is 0. The van der Waals surface area contributed by atoms with Crippen LogP contribution in [0.1, 0.15) is 158 Å². The third-order valence-electron chi connectivity index (χ3n) is 8.14. The van der Waals surface area contributed by atoms with Crippen LogP contribution in [0.4, 0.5) is 21.7 Å². The van der Waals surface area contributed by atoms with Gasteiger partial charge in [-0.25, -0.2) is 0 Å². The quantitative estimate of drug-likeness (QED) is 0.303. The van der Waals surface area contributed by atoms with Gasteiger partial charge in [-0.05, 0) is 54.7 Å². The van der Waals surface area contributed by atoms with Gasteiger partial charge < -0.3 is 10.6 Å². The molecule has 1 unspecified atom stereocenters. The fourth-order valence-electron chi connectivity index (χ4n) is 5.30. The zero-order valence-corrected chi connectivity index (χ0v) is 33.4. The standard InChI is InChI=1S/C38H60N2P3/c1-33(2,3)23-19-25(35(7,8)9)29(26(20-23)36(10,11)12)39-31-41-32(43-42-31)40-30-27(37(13,14)15)21-24(34(4,5)6)22-28(30)38(16,17)18/h19-22,39,42H,1-18H3/q-1. The lowest BCUT2D eigenvalue weighted by molar-refractivity contribution is 0.550. The summed E-state index contributed by atoms with van der Waals surface area (Å²) in [4.78, 5) is 0. The Morgan fingerprint density at radius 2 is 0.860 bits per heavy atom. The van der Waals surface area contributed by atoms with E-state index in [2.05, 4.69) is 154 Å². The number of nitrogens with one attached hydrogen (secondary N) is 1. The van der Waals surface area contributed by atoms with Crippen LogP contribution in [0.3, 0.4) is 0 Å². The summed E-state index contributed by atoms with van der Waals surface area (Å²) in [6, 6.07) is 9.79. The van der Waals surface area contributed by atoms with Crippen LogP contribution in [0.25, 0.3) is 5.32 Å². The van der Waals surface area contributed by atoms with E-state index in [9.17, 15) is 0 Å². The second-order valence-corrected chi connectivity index (χ2v) is 23.2. The Kier molecular flexibility index (Phi) is 9.92. The van der Waals surface area contributed by atoms with E-state index in [0.717, 1.165) is 0 Å². The monoisotopic (exact) mass is 637 g/mol. The molecule has 0 aliphatic carbocycles. The second kappa shape index (κ2) is 11.8. The predicted octanol–water partition coefficient (Wildman–Crippen LogP) is 14.7. The number of anilines is 2. The van der Waals surface area contributed by atoms with Crippen LogP contribution < -0.4 is 5.32 Å². The molecule has 0 fully saturated rings. The Morgan fingerprint density at radius 3 is 1.19 bits per heavy atom. The van der Waals surface area contributed by atoms with Crippen LogP contribution in [0, 0.1) is 0 Å². The summed E-state index contributed by atoms with van der Waals surface area (Å²) < 4.78 is 0. The van der Waals surface area contributed by atoms with E-state index in [1.54, 1.807) is 0 Å². The van der Waals surface area contributed by atoms with Crippen molar-refractivity contribution >= 4 is 45.6 Å². The number of benzene rings is 2. The summed E-state index contributed by atoms with van der Waals surface area (Å²) in [6.45, 7) is 42.0. The molecular formula is C38H60N2P3-. The topological polar surface area (TPSA) is 26.1 Å². The molecule has 0 spiro atoms. The van der Waals surface area contributed by atoms with Gasteiger partial charge in [0.2, 0.25) is 0 Å². The Hall–Kier alpha value is -1.32. The van der Waals surface area contributed by atoms with E-state index in [1.807, 2.05) is 0 Å². The van der Waals surface area contributed by atoms with Crippen molar-refractivity contribution in [2.24, 2.45) is 0 Å². The lowest BCUT2D eigenvalue weighted by Crippen LogP contribution is -2.23. The third kappa shape index (κ3) is 8.69.